The fourth-order valence-corrected chi connectivity index (χ4v) is 2.37. The molecule has 3 rings (SSSR count). The second-order valence-electron chi connectivity index (χ2n) is 5.02. The number of nitrogens with zero attached hydrogens (tertiary/aromatic N) is 1. The molecule has 0 fully saturated rings. The zero-order valence-corrected chi connectivity index (χ0v) is 12.6. The molecule has 2 aromatic rings. The van der Waals surface area contributed by atoms with Gasteiger partial charge in [-0.05, 0) is 35.9 Å². The van der Waals surface area contributed by atoms with Crippen molar-refractivity contribution in [3.05, 3.63) is 84.3 Å². The molecule has 22 heavy (non-hydrogen) atoms. The van der Waals surface area contributed by atoms with Gasteiger partial charge in [0.15, 0.2) is 5.88 Å². The maximum Gasteiger partial charge on any atom is 0.193 e. The Morgan fingerprint density at radius 2 is 1.77 bits per heavy atom. The van der Waals surface area contributed by atoms with Gasteiger partial charge in [-0.25, -0.2) is 0 Å². The van der Waals surface area contributed by atoms with Crippen LogP contribution >= 0.6 is 0 Å². The molecule has 2 aromatic carbocycles. The number of anilines is 1. The molecule has 0 amide bonds. The van der Waals surface area contributed by atoms with E-state index >= 15 is 0 Å². The third-order valence-corrected chi connectivity index (χ3v) is 3.53. The fraction of sp³-hybridized carbons (Fsp3) is 0.158. The molecule has 112 valence electrons. The van der Waals surface area contributed by atoms with Crippen molar-refractivity contribution in [3.63, 3.8) is 0 Å². The molecular formula is C19H19NO2. The van der Waals surface area contributed by atoms with Crippen LogP contribution in [-0.2, 0) is 11.3 Å². The molecule has 0 unspecified atom stereocenters. The molecule has 0 saturated carbocycles. The Morgan fingerprint density at radius 1 is 1.00 bits per heavy atom. The summed E-state index contributed by atoms with van der Waals surface area (Å²) in [6.07, 6.45) is 6.07. The molecule has 0 spiro atoms. The van der Waals surface area contributed by atoms with Gasteiger partial charge in [0, 0.05) is 12.2 Å². The van der Waals surface area contributed by atoms with Crippen molar-refractivity contribution in [3.8, 4) is 5.75 Å². The number of hydrogen-bond acceptors (Lipinski definition) is 3. The molecule has 3 nitrogen and oxygen atoms in total. The predicted octanol–water partition coefficient (Wildman–Crippen LogP) is 4.13. The molecule has 1 aliphatic heterocycles. The first-order chi connectivity index (χ1) is 10.9. The Kier molecular flexibility index (Phi) is 4.44. The van der Waals surface area contributed by atoms with E-state index in [-0.39, 0.29) is 0 Å². The van der Waals surface area contributed by atoms with E-state index in [1.165, 1.54) is 0 Å². The lowest BCUT2D eigenvalue weighted by atomic mass is 10.2. The highest BCUT2D eigenvalue weighted by Crippen LogP contribution is 2.25. The molecule has 1 heterocycles. The number of allylic oxidation sites excluding steroid dienone is 2. The summed E-state index contributed by atoms with van der Waals surface area (Å²) < 4.78 is 11.2. The van der Waals surface area contributed by atoms with Gasteiger partial charge in [-0.3, -0.25) is 0 Å². The Hall–Kier alpha value is -2.68. The Labute approximate surface area is 131 Å². The van der Waals surface area contributed by atoms with Gasteiger partial charge in [0.05, 0.1) is 7.11 Å². The maximum absolute atomic E-state index is 5.81. The molecule has 0 atom stereocenters. The molecule has 0 saturated heterocycles. The monoisotopic (exact) mass is 293 g/mol. The van der Waals surface area contributed by atoms with Crippen molar-refractivity contribution in [2.45, 2.75) is 6.61 Å². The second-order valence-corrected chi connectivity index (χ2v) is 5.02. The number of hydrogen-bond donors (Lipinski definition) is 0. The molecule has 0 N–H and O–H groups in total. The summed E-state index contributed by atoms with van der Waals surface area (Å²) in [6.45, 7) is 1.39. The van der Waals surface area contributed by atoms with Gasteiger partial charge < -0.3 is 14.4 Å². The SMILES string of the molecule is COC1=CC=CCN1c1ccc(OCc2ccccc2)cc1. The lowest BCUT2D eigenvalue weighted by Gasteiger charge is -2.26. The van der Waals surface area contributed by atoms with Crippen molar-refractivity contribution >= 4 is 5.69 Å². The first-order valence-corrected chi connectivity index (χ1v) is 7.32. The summed E-state index contributed by atoms with van der Waals surface area (Å²) in [6, 6.07) is 18.2. The van der Waals surface area contributed by atoms with Crippen molar-refractivity contribution in [2.24, 2.45) is 0 Å². The first kappa shape index (κ1) is 14.3. The number of benzene rings is 2. The molecule has 0 aromatic heterocycles. The van der Waals surface area contributed by atoms with E-state index in [0.29, 0.717) is 6.61 Å². The average Bonchev–Trinajstić information content (AvgIpc) is 2.61. The van der Waals surface area contributed by atoms with Crippen molar-refractivity contribution < 1.29 is 9.47 Å². The van der Waals surface area contributed by atoms with Crippen LogP contribution in [0.4, 0.5) is 5.69 Å². The Morgan fingerprint density at radius 3 is 2.50 bits per heavy atom. The van der Waals surface area contributed by atoms with E-state index in [1.54, 1.807) is 7.11 Å². The topological polar surface area (TPSA) is 21.7 Å². The van der Waals surface area contributed by atoms with E-state index in [1.807, 2.05) is 54.6 Å². The van der Waals surface area contributed by atoms with E-state index in [4.69, 9.17) is 9.47 Å². The lowest BCUT2D eigenvalue weighted by Crippen LogP contribution is -2.25. The highest BCUT2D eigenvalue weighted by Gasteiger charge is 2.13. The van der Waals surface area contributed by atoms with E-state index in [9.17, 15) is 0 Å². The normalized spacial score (nSPS) is 13.7. The van der Waals surface area contributed by atoms with Crippen LogP contribution < -0.4 is 9.64 Å². The van der Waals surface area contributed by atoms with Crippen LogP contribution in [0.15, 0.2) is 78.7 Å². The summed E-state index contributed by atoms with van der Waals surface area (Å²) in [5.74, 6) is 1.71. The molecule has 3 heteroatoms. The molecule has 0 radical (unpaired) electrons. The minimum Gasteiger partial charge on any atom is -0.489 e. The summed E-state index contributed by atoms with van der Waals surface area (Å²) in [5.41, 5.74) is 2.25. The highest BCUT2D eigenvalue weighted by atomic mass is 16.5. The zero-order valence-electron chi connectivity index (χ0n) is 12.6. The number of rotatable bonds is 5. The van der Waals surface area contributed by atoms with Gasteiger partial charge in [0.1, 0.15) is 12.4 Å². The van der Waals surface area contributed by atoms with Crippen molar-refractivity contribution in [1.29, 1.82) is 0 Å². The molecule has 0 aliphatic carbocycles. The third kappa shape index (κ3) is 3.31. The van der Waals surface area contributed by atoms with E-state index in [0.717, 1.165) is 29.4 Å². The van der Waals surface area contributed by atoms with Gasteiger partial charge in [0.2, 0.25) is 0 Å². The molecular weight excluding hydrogens is 274 g/mol. The fourth-order valence-electron chi connectivity index (χ4n) is 2.37. The van der Waals surface area contributed by atoms with Gasteiger partial charge in [-0.1, -0.05) is 42.5 Å². The largest absolute Gasteiger partial charge is 0.489 e. The van der Waals surface area contributed by atoms with Crippen LogP contribution in [0.2, 0.25) is 0 Å². The van der Waals surface area contributed by atoms with E-state index < -0.39 is 0 Å². The molecule has 0 bridgehead atoms. The third-order valence-electron chi connectivity index (χ3n) is 3.53. The van der Waals surface area contributed by atoms with Gasteiger partial charge >= 0.3 is 0 Å². The average molecular weight is 293 g/mol. The van der Waals surface area contributed by atoms with Crippen LogP contribution in [0, 0.1) is 0 Å². The van der Waals surface area contributed by atoms with Crippen LogP contribution in [0.25, 0.3) is 0 Å². The zero-order chi connectivity index (χ0) is 15.2. The van der Waals surface area contributed by atoms with Gasteiger partial charge in [-0.15, -0.1) is 0 Å². The maximum atomic E-state index is 5.81. The van der Waals surface area contributed by atoms with Gasteiger partial charge in [-0.2, -0.15) is 0 Å². The minimum atomic E-state index is 0.579. The van der Waals surface area contributed by atoms with Crippen LogP contribution in [0.3, 0.4) is 0 Å². The Balaban J connectivity index is 1.65. The predicted molar refractivity (Wildman–Crippen MR) is 88.8 cm³/mol. The quantitative estimate of drug-likeness (QED) is 0.827. The number of ether oxygens (including phenoxy) is 2. The van der Waals surface area contributed by atoms with Crippen LogP contribution in [-0.4, -0.2) is 13.7 Å². The summed E-state index contributed by atoms with van der Waals surface area (Å²) in [5, 5.41) is 0. The van der Waals surface area contributed by atoms with Gasteiger partial charge in [0.25, 0.3) is 0 Å². The smallest absolute Gasteiger partial charge is 0.193 e. The first-order valence-electron chi connectivity index (χ1n) is 7.32. The second kappa shape index (κ2) is 6.85. The summed E-state index contributed by atoms with van der Waals surface area (Å²) in [4.78, 5) is 2.11. The number of methoxy groups -OCH3 is 1. The van der Waals surface area contributed by atoms with Crippen molar-refractivity contribution in [1.82, 2.24) is 0 Å². The standard InChI is InChI=1S/C19H19NO2/c1-21-19-9-5-6-14-20(19)17-10-12-18(13-11-17)22-15-16-7-3-2-4-8-16/h2-13H,14-15H2,1H3. The van der Waals surface area contributed by atoms with Crippen LogP contribution in [0.1, 0.15) is 5.56 Å². The van der Waals surface area contributed by atoms with E-state index in [2.05, 4.69) is 23.1 Å². The highest BCUT2D eigenvalue weighted by molar-refractivity contribution is 5.55. The molecule has 1 aliphatic rings. The van der Waals surface area contributed by atoms with Crippen molar-refractivity contribution in [2.75, 3.05) is 18.6 Å². The Bertz CT molecular complexity index is 660. The summed E-state index contributed by atoms with van der Waals surface area (Å²) in [7, 11) is 1.69. The lowest BCUT2D eigenvalue weighted by molar-refractivity contribution is 0.279. The minimum absolute atomic E-state index is 0.579. The summed E-state index contributed by atoms with van der Waals surface area (Å²) >= 11 is 0. The van der Waals surface area contributed by atoms with Crippen LogP contribution in [0.5, 0.6) is 5.75 Å².